The Morgan fingerprint density at radius 3 is 2.48 bits per heavy atom. The molecule has 1 aliphatic rings. The lowest BCUT2D eigenvalue weighted by Gasteiger charge is -2.18. The molecule has 1 heterocycles. The lowest BCUT2D eigenvalue weighted by Crippen LogP contribution is -2.32. The molecule has 0 bridgehead atoms. The third-order valence-corrected chi connectivity index (χ3v) is 4.72. The molecule has 0 radical (unpaired) electrons. The summed E-state index contributed by atoms with van der Waals surface area (Å²) in [6, 6.07) is 4.97. The van der Waals surface area contributed by atoms with E-state index in [0.29, 0.717) is 6.42 Å². The average molecular weight is 412 g/mol. The first-order valence-electron chi connectivity index (χ1n) is 9.07. The van der Waals surface area contributed by atoms with Gasteiger partial charge in [-0.1, -0.05) is 37.8 Å². The number of para-hydroxylation sites is 2. The zero-order valence-corrected chi connectivity index (χ0v) is 15.3. The number of halogens is 3. The van der Waals surface area contributed by atoms with Crippen LogP contribution in [0.15, 0.2) is 41.3 Å². The lowest BCUT2D eigenvalue weighted by molar-refractivity contribution is -0.275. The minimum absolute atomic E-state index is 0.130. The molecule has 1 saturated carbocycles. The molecule has 1 aliphatic carbocycles. The van der Waals surface area contributed by atoms with E-state index in [1.165, 1.54) is 18.2 Å². The average Bonchev–Trinajstić information content (AvgIpc) is 3.14. The van der Waals surface area contributed by atoms with E-state index in [2.05, 4.69) is 9.84 Å². The molecule has 156 valence electrons. The molecular weight excluding hydrogens is 393 g/mol. The van der Waals surface area contributed by atoms with Crippen molar-refractivity contribution in [2.75, 3.05) is 0 Å². The highest BCUT2D eigenvalue weighted by Gasteiger charge is 2.32. The molecule has 29 heavy (non-hydrogen) atoms. The first kappa shape index (κ1) is 20.7. The van der Waals surface area contributed by atoms with Crippen molar-refractivity contribution >= 4 is 5.97 Å². The third kappa shape index (κ3) is 5.49. The third-order valence-electron chi connectivity index (χ3n) is 4.72. The number of rotatable bonds is 7. The van der Waals surface area contributed by atoms with Crippen molar-refractivity contribution < 1.29 is 32.5 Å². The number of ether oxygens (including phenoxy) is 2. The monoisotopic (exact) mass is 412 g/mol. The summed E-state index contributed by atoms with van der Waals surface area (Å²) >= 11 is 0. The molecule has 10 heteroatoms. The Morgan fingerprint density at radius 2 is 1.90 bits per heavy atom. The van der Waals surface area contributed by atoms with Crippen LogP contribution < -0.4 is 15.0 Å². The van der Waals surface area contributed by atoms with Gasteiger partial charge in [-0.2, -0.15) is 5.10 Å². The van der Waals surface area contributed by atoms with Crippen LogP contribution in [0.4, 0.5) is 13.2 Å². The van der Waals surface area contributed by atoms with E-state index in [1.54, 1.807) is 0 Å². The van der Waals surface area contributed by atoms with Crippen LogP contribution in [0, 0.1) is 5.92 Å². The highest BCUT2D eigenvalue weighted by Crippen LogP contribution is 2.35. The number of nitrogens with zero attached hydrogens (tertiary/aromatic N) is 2. The van der Waals surface area contributed by atoms with Crippen LogP contribution in [0.5, 0.6) is 17.2 Å². The van der Waals surface area contributed by atoms with Gasteiger partial charge in [-0.25, -0.2) is 9.48 Å². The maximum Gasteiger partial charge on any atom is 0.573 e. The molecule has 7 nitrogen and oxygen atoms in total. The van der Waals surface area contributed by atoms with Gasteiger partial charge in [-0.3, -0.25) is 4.79 Å². The number of aliphatic carboxylic acids is 1. The zero-order chi connectivity index (χ0) is 21.0. The summed E-state index contributed by atoms with van der Waals surface area (Å²) in [5, 5.41) is 13.4. The molecule has 2 aromatic rings. The second kappa shape index (κ2) is 8.54. The van der Waals surface area contributed by atoms with Crippen LogP contribution in [0.1, 0.15) is 38.1 Å². The quantitative estimate of drug-likeness (QED) is 0.735. The molecule has 0 spiro atoms. The normalized spacial score (nSPS) is 15.8. The minimum atomic E-state index is -4.91. The van der Waals surface area contributed by atoms with Gasteiger partial charge in [0.1, 0.15) is 0 Å². The number of hydrogen-bond donors (Lipinski definition) is 1. The van der Waals surface area contributed by atoms with Gasteiger partial charge in [0.05, 0.1) is 6.20 Å². The molecule has 1 N–H and O–H groups in total. The summed E-state index contributed by atoms with van der Waals surface area (Å²) in [6.07, 6.45) is 0.375. The molecule has 3 rings (SSSR count). The second-order valence-corrected chi connectivity index (χ2v) is 6.81. The van der Waals surface area contributed by atoms with Gasteiger partial charge in [-0.05, 0) is 24.5 Å². The Morgan fingerprint density at radius 1 is 1.24 bits per heavy atom. The fraction of sp³-hybridized carbons (Fsp3) is 0.421. The molecular formula is C19H19F3N2O5. The van der Waals surface area contributed by atoms with E-state index in [9.17, 15) is 27.9 Å². The summed E-state index contributed by atoms with van der Waals surface area (Å²) in [5.41, 5.74) is -0.720. The number of benzene rings is 1. The number of carbonyl (C=O) groups is 1. The summed E-state index contributed by atoms with van der Waals surface area (Å²) < 4.78 is 47.6. The number of alkyl halides is 3. The lowest BCUT2D eigenvalue weighted by atomic mass is 9.98. The molecule has 0 aliphatic heterocycles. The maximum atomic E-state index is 12.5. The Kier molecular flexibility index (Phi) is 6.09. The van der Waals surface area contributed by atoms with Gasteiger partial charge in [0, 0.05) is 6.07 Å². The Bertz CT molecular complexity index is 923. The molecule has 0 amide bonds. The van der Waals surface area contributed by atoms with Crippen LogP contribution in [0.3, 0.4) is 0 Å². The molecule has 1 aromatic heterocycles. The standard InChI is InChI=1S/C19H19F3N2O5/c20-19(21,22)29-16-8-4-3-7-15(16)28-13-10-17(25)24(23-11-13)14(18(26)27)9-12-5-1-2-6-12/h3-4,7-8,10-12,14H,1-2,5-6,9H2,(H,26,27). The highest BCUT2D eigenvalue weighted by molar-refractivity contribution is 5.71. The van der Waals surface area contributed by atoms with Crippen molar-refractivity contribution in [1.82, 2.24) is 9.78 Å². The SMILES string of the molecule is O=C(O)C(CC1CCCC1)n1ncc(Oc2ccccc2OC(F)(F)F)cc1=O. The number of carboxylic acid groups (broad SMARTS) is 1. The van der Waals surface area contributed by atoms with Crippen LogP contribution in [-0.2, 0) is 4.79 Å². The van der Waals surface area contributed by atoms with Crippen molar-refractivity contribution in [2.45, 2.75) is 44.5 Å². The van der Waals surface area contributed by atoms with Crippen LogP contribution in [0.25, 0.3) is 0 Å². The van der Waals surface area contributed by atoms with Crippen molar-refractivity contribution in [3.05, 3.63) is 46.9 Å². The molecule has 1 unspecified atom stereocenters. The van der Waals surface area contributed by atoms with Gasteiger partial charge in [0.2, 0.25) is 0 Å². The fourth-order valence-electron chi connectivity index (χ4n) is 3.43. The molecule has 0 saturated heterocycles. The molecule has 1 fully saturated rings. The summed E-state index contributed by atoms with van der Waals surface area (Å²) in [7, 11) is 0. The van der Waals surface area contributed by atoms with Crippen molar-refractivity contribution in [2.24, 2.45) is 5.92 Å². The van der Waals surface area contributed by atoms with Crippen molar-refractivity contribution in [3.8, 4) is 17.2 Å². The smallest absolute Gasteiger partial charge is 0.480 e. The van der Waals surface area contributed by atoms with E-state index in [4.69, 9.17) is 4.74 Å². The van der Waals surface area contributed by atoms with Crippen LogP contribution >= 0.6 is 0 Å². The fourth-order valence-corrected chi connectivity index (χ4v) is 3.43. The highest BCUT2D eigenvalue weighted by atomic mass is 19.4. The van der Waals surface area contributed by atoms with E-state index in [1.807, 2.05) is 0 Å². The predicted molar refractivity (Wildman–Crippen MR) is 94.9 cm³/mol. The van der Waals surface area contributed by atoms with Gasteiger partial charge in [0.25, 0.3) is 5.56 Å². The van der Waals surface area contributed by atoms with E-state index >= 15 is 0 Å². The van der Waals surface area contributed by atoms with Crippen LogP contribution in [-0.4, -0.2) is 27.2 Å². The van der Waals surface area contributed by atoms with Gasteiger partial charge in [0.15, 0.2) is 23.3 Å². The Labute approximate surface area is 163 Å². The van der Waals surface area contributed by atoms with Crippen molar-refractivity contribution in [3.63, 3.8) is 0 Å². The predicted octanol–water partition coefficient (Wildman–Crippen LogP) is 4.14. The number of hydrogen-bond acceptors (Lipinski definition) is 5. The number of carboxylic acids is 1. The van der Waals surface area contributed by atoms with E-state index in [-0.39, 0.29) is 17.4 Å². The van der Waals surface area contributed by atoms with Crippen LogP contribution in [0.2, 0.25) is 0 Å². The number of aromatic nitrogens is 2. The van der Waals surface area contributed by atoms with Gasteiger partial charge < -0.3 is 14.6 Å². The first-order valence-corrected chi connectivity index (χ1v) is 9.07. The molecule has 1 aromatic carbocycles. The topological polar surface area (TPSA) is 90.7 Å². The second-order valence-electron chi connectivity index (χ2n) is 6.81. The van der Waals surface area contributed by atoms with Gasteiger partial charge in [-0.15, -0.1) is 13.2 Å². The zero-order valence-electron chi connectivity index (χ0n) is 15.3. The minimum Gasteiger partial charge on any atom is -0.480 e. The summed E-state index contributed by atoms with van der Waals surface area (Å²) in [5.74, 6) is -1.91. The summed E-state index contributed by atoms with van der Waals surface area (Å²) in [4.78, 5) is 24.0. The molecule has 1 atom stereocenters. The van der Waals surface area contributed by atoms with E-state index < -0.39 is 29.7 Å². The summed E-state index contributed by atoms with van der Waals surface area (Å²) in [6.45, 7) is 0. The van der Waals surface area contributed by atoms with Gasteiger partial charge >= 0.3 is 12.3 Å². The maximum absolute atomic E-state index is 12.5. The first-order chi connectivity index (χ1) is 13.7. The van der Waals surface area contributed by atoms with E-state index in [0.717, 1.165) is 48.7 Å². The largest absolute Gasteiger partial charge is 0.573 e. The van der Waals surface area contributed by atoms with Crippen molar-refractivity contribution in [1.29, 1.82) is 0 Å². The Balaban J connectivity index is 1.81. The Hall–Kier alpha value is -3.04.